The van der Waals surface area contributed by atoms with Crippen molar-refractivity contribution in [3.63, 3.8) is 0 Å². The van der Waals surface area contributed by atoms with Gasteiger partial charge in [0.15, 0.2) is 0 Å². The molecule has 1 aliphatic rings. The topological polar surface area (TPSA) is 0 Å². The van der Waals surface area contributed by atoms with Gasteiger partial charge in [0.05, 0.1) is 0 Å². The van der Waals surface area contributed by atoms with Crippen LogP contribution in [0.4, 0.5) is 0 Å². The molecule has 0 saturated carbocycles. The van der Waals surface area contributed by atoms with Crippen molar-refractivity contribution in [3.05, 3.63) is 70.6 Å². The second-order valence-corrected chi connectivity index (χ2v) is 5.98. The summed E-state index contributed by atoms with van der Waals surface area (Å²) >= 11 is 7.81. The standard InChI is InChI=1S/C16H17ClS.C2H6/c1-4-14-11(3)15(10-18-16(14)5-2)12-6-8-13(17)9-7-12;1-2/h4-9,11,15H,1-2,10H2,3H3;1-2H3. The summed E-state index contributed by atoms with van der Waals surface area (Å²) in [7, 11) is 0. The Morgan fingerprint density at radius 2 is 1.75 bits per heavy atom. The summed E-state index contributed by atoms with van der Waals surface area (Å²) in [6.45, 7) is 14.1. The van der Waals surface area contributed by atoms with E-state index in [-0.39, 0.29) is 0 Å². The molecule has 1 aromatic rings. The number of allylic oxidation sites excluding steroid dienone is 3. The third-order valence-corrected chi connectivity index (χ3v) is 4.99. The van der Waals surface area contributed by atoms with Gasteiger partial charge in [-0.1, -0.05) is 69.8 Å². The van der Waals surface area contributed by atoms with Crippen molar-refractivity contribution in [1.29, 1.82) is 0 Å². The summed E-state index contributed by atoms with van der Waals surface area (Å²) in [5.41, 5.74) is 2.66. The molecular weight excluding hydrogens is 284 g/mol. The average Bonchev–Trinajstić information content (AvgIpc) is 2.50. The first-order chi connectivity index (χ1) is 9.67. The lowest BCUT2D eigenvalue weighted by Gasteiger charge is -2.31. The molecule has 0 aliphatic carbocycles. The molecule has 0 nitrogen and oxygen atoms in total. The molecule has 2 unspecified atom stereocenters. The van der Waals surface area contributed by atoms with Crippen molar-refractivity contribution >= 4 is 23.4 Å². The van der Waals surface area contributed by atoms with E-state index in [4.69, 9.17) is 11.6 Å². The van der Waals surface area contributed by atoms with Crippen molar-refractivity contribution in [3.8, 4) is 0 Å². The molecule has 0 N–H and O–H groups in total. The van der Waals surface area contributed by atoms with Crippen LogP contribution in [-0.2, 0) is 0 Å². The zero-order chi connectivity index (χ0) is 15.1. The molecule has 2 heteroatoms. The maximum Gasteiger partial charge on any atom is 0.0406 e. The second-order valence-electron chi connectivity index (χ2n) is 4.49. The minimum absolute atomic E-state index is 0.470. The third kappa shape index (κ3) is 3.80. The molecule has 108 valence electrons. The van der Waals surface area contributed by atoms with Crippen molar-refractivity contribution in [2.75, 3.05) is 5.75 Å². The summed E-state index contributed by atoms with van der Waals surface area (Å²) in [5.74, 6) is 2.07. The molecule has 0 saturated heterocycles. The molecule has 1 heterocycles. The molecule has 0 spiro atoms. The van der Waals surface area contributed by atoms with Crippen LogP contribution in [0.1, 0.15) is 32.3 Å². The SMILES string of the molecule is C=CC1=C(C=C)C(C)C(c2ccc(Cl)cc2)CS1.CC. The van der Waals surface area contributed by atoms with Crippen molar-refractivity contribution in [2.45, 2.75) is 26.7 Å². The van der Waals surface area contributed by atoms with E-state index in [0.717, 1.165) is 10.8 Å². The van der Waals surface area contributed by atoms with Gasteiger partial charge in [-0.15, -0.1) is 11.8 Å². The van der Waals surface area contributed by atoms with E-state index in [2.05, 4.69) is 32.2 Å². The molecule has 0 amide bonds. The monoisotopic (exact) mass is 306 g/mol. The number of thioether (sulfide) groups is 1. The van der Waals surface area contributed by atoms with Gasteiger partial charge in [0.1, 0.15) is 0 Å². The van der Waals surface area contributed by atoms with Crippen molar-refractivity contribution in [1.82, 2.24) is 0 Å². The van der Waals surface area contributed by atoms with E-state index >= 15 is 0 Å². The highest BCUT2D eigenvalue weighted by Gasteiger charge is 2.27. The van der Waals surface area contributed by atoms with E-state index in [1.807, 2.05) is 49.9 Å². The first-order valence-corrected chi connectivity index (χ1v) is 8.41. The number of hydrogen-bond donors (Lipinski definition) is 0. The van der Waals surface area contributed by atoms with Gasteiger partial charge >= 0.3 is 0 Å². The Labute approximate surface area is 132 Å². The van der Waals surface area contributed by atoms with E-state index in [9.17, 15) is 0 Å². The minimum Gasteiger partial charge on any atom is -0.125 e. The van der Waals surface area contributed by atoms with Crippen molar-refractivity contribution < 1.29 is 0 Å². The molecule has 0 fully saturated rings. The van der Waals surface area contributed by atoms with E-state index < -0.39 is 0 Å². The Morgan fingerprint density at radius 3 is 2.25 bits per heavy atom. The molecule has 2 rings (SSSR count). The van der Waals surface area contributed by atoms with Crippen LogP contribution in [0.25, 0.3) is 0 Å². The molecule has 0 radical (unpaired) electrons. The van der Waals surface area contributed by atoms with Crippen LogP contribution in [0.5, 0.6) is 0 Å². The largest absolute Gasteiger partial charge is 0.125 e. The van der Waals surface area contributed by atoms with Crippen LogP contribution in [0.15, 0.2) is 60.1 Å². The Morgan fingerprint density at radius 1 is 1.15 bits per heavy atom. The third-order valence-electron chi connectivity index (χ3n) is 3.50. The molecular formula is C18H23ClS. The second kappa shape index (κ2) is 8.39. The normalized spacial score (nSPS) is 21.8. The van der Waals surface area contributed by atoms with Crippen molar-refractivity contribution in [2.24, 2.45) is 5.92 Å². The number of benzene rings is 1. The Kier molecular flexibility index (Phi) is 7.18. The Balaban J connectivity index is 0.000000956. The lowest BCUT2D eigenvalue weighted by atomic mass is 9.83. The fourth-order valence-corrected chi connectivity index (χ4v) is 3.93. The molecule has 0 aromatic heterocycles. The molecule has 20 heavy (non-hydrogen) atoms. The van der Waals surface area contributed by atoms with Crippen LogP contribution in [0.2, 0.25) is 5.02 Å². The summed E-state index contributed by atoms with van der Waals surface area (Å²) in [4.78, 5) is 1.27. The molecule has 1 aliphatic heterocycles. The van der Waals surface area contributed by atoms with Crippen LogP contribution in [-0.4, -0.2) is 5.75 Å². The zero-order valence-corrected chi connectivity index (χ0v) is 14.1. The highest BCUT2D eigenvalue weighted by atomic mass is 35.5. The van der Waals surface area contributed by atoms with Gasteiger partial charge in [-0.05, 0) is 35.1 Å². The molecule has 1 aromatic carbocycles. The van der Waals surface area contributed by atoms with E-state index in [1.165, 1.54) is 16.0 Å². The summed E-state index contributed by atoms with van der Waals surface area (Å²) in [5, 5.41) is 0.793. The van der Waals surface area contributed by atoms with Gasteiger partial charge < -0.3 is 0 Å². The quantitative estimate of drug-likeness (QED) is 0.617. The zero-order valence-electron chi connectivity index (χ0n) is 12.5. The van der Waals surface area contributed by atoms with Crippen LogP contribution in [0.3, 0.4) is 0 Å². The lowest BCUT2D eigenvalue weighted by Crippen LogP contribution is -2.18. The predicted octanol–water partition coefficient (Wildman–Crippen LogP) is 6.46. The number of halogens is 1. The van der Waals surface area contributed by atoms with Gasteiger partial charge in [0, 0.05) is 15.7 Å². The Bertz CT molecular complexity index is 485. The lowest BCUT2D eigenvalue weighted by molar-refractivity contribution is 0.572. The van der Waals surface area contributed by atoms with E-state index in [0.29, 0.717) is 11.8 Å². The van der Waals surface area contributed by atoms with Gasteiger partial charge in [-0.25, -0.2) is 0 Å². The maximum absolute atomic E-state index is 5.94. The van der Waals surface area contributed by atoms with Gasteiger partial charge in [-0.2, -0.15) is 0 Å². The van der Waals surface area contributed by atoms with E-state index in [1.54, 1.807) is 0 Å². The molecule has 0 bridgehead atoms. The van der Waals surface area contributed by atoms with Gasteiger partial charge in [0.2, 0.25) is 0 Å². The Hall–Kier alpha value is -0.920. The van der Waals surface area contributed by atoms with Crippen LogP contribution in [0, 0.1) is 5.92 Å². The molecule has 2 atom stereocenters. The highest BCUT2D eigenvalue weighted by Crippen LogP contribution is 2.43. The van der Waals surface area contributed by atoms with Crippen LogP contribution >= 0.6 is 23.4 Å². The summed E-state index contributed by atoms with van der Waals surface area (Å²) < 4.78 is 0. The number of rotatable bonds is 3. The fourth-order valence-electron chi connectivity index (χ4n) is 2.41. The smallest absolute Gasteiger partial charge is 0.0406 e. The predicted molar refractivity (Wildman–Crippen MR) is 94.6 cm³/mol. The summed E-state index contributed by atoms with van der Waals surface area (Å²) in [6.07, 6.45) is 3.91. The summed E-state index contributed by atoms with van der Waals surface area (Å²) in [6, 6.07) is 8.19. The average molecular weight is 307 g/mol. The number of hydrogen-bond acceptors (Lipinski definition) is 1. The first kappa shape index (κ1) is 17.1. The first-order valence-electron chi connectivity index (χ1n) is 7.04. The van der Waals surface area contributed by atoms with Gasteiger partial charge in [-0.3, -0.25) is 0 Å². The fraction of sp³-hybridized carbons (Fsp3) is 0.333. The highest BCUT2D eigenvalue weighted by molar-refractivity contribution is 8.03. The van der Waals surface area contributed by atoms with Crippen LogP contribution < -0.4 is 0 Å². The van der Waals surface area contributed by atoms with Gasteiger partial charge in [0.25, 0.3) is 0 Å². The maximum atomic E-state index is 5.94. The minimum atomic E-state index is 0.470.